The van der Waals surface area contributed by atoms with Gasteiger partial charge in [0, 0.05) is 26.1 Å². The van der Waals surface area contributed by atoms with Crippen molar-refractivity contribution in [1.82, 2.24) is 14.5 Å². The second-order valence-electron chi connectivity index (χ2n) is 7.10. The van der Waals surface area contributed by atoms with Crippen molar-refractivity contribution < 1.29 is 4.79 Å². The average molecular weight is 359 g/mol. The van der Waals surface area contributed by atoms with Gasteiger partial charge in [0.1, 0.15) is 0 Å². The molecule has 0 spiro atoms. The summed E-state index contributed by atoms with van der Waals surface area (Å²) in [5, 5.41) is 0.596. The molecule has 6 heteroatoms. The molecular weight excluding hydrogens is 334 g/mol. The van der Waals surface area contributed by atoms with Crippen LogP contribution in [0.25, 0.3) is 10.9 Å². The number of hydrogen-bond donors (Lipinski definition) is 1. The van der Waals surface area contributed by atoms with Crippen molar-refractivity contribution in [3.63, 3.8) is 0 Å². The van der Waals surface area contributed by atoms with Crippen molar-refractivity contribution in [2.75, 3.05) is 7.05 Å². The van der Waals surface area contributed by atoms with E-state index in [2.05, 4.69) is 11.9 Å². The lowest BCUT2D eigenvalue weighted by Crippen LogP contribution is -2.40. The van der Waals surface area contributed by atoms with Gasteiger partial charge in [-0.1, -0.05) is 19.1 Å². The number of benzene rings is 1. The fourth-order valence-corrected chi connectivity index (χ4v) is 3.90. The Morgan fingerprint density at radius 1 is 1.28 bits per heavy atom. The summed E-state index contributed by atoms with van der Waals surface area (Å²) in [5.41, 5.74) is 0.592. The first-order valence-electron chi connectivity index (χ1n) is 8.95. The zero-order valence-corrected chi connectivity index (χ0v) is 15.6. The van der Waals surface area contributed by atoms with Gasteiger partial charge in [0.25, 0.3) is 5.56 Å². The Labute approximate surface area is 152 Å². The molecule has 0 saturated heterocycles. The second-order valence-corrected chi connectivity index (χ2v) is 7.49. The molecule has 134 valence electrons. The quantitative estimate of drug-likeness (QED) is 0.850. The Kier molecular flexibility index (Phi) is 5.37. The highest BCUT2D eigenvalue weighted by molar-refractivity contribution is 7.71. The van der Waals surface area contributed by atoms with Crippen LogP contribution in [0, 0.1) is 10.7 Å². The van der Waals surface area contributed by atoms with Gasteiger partial charge in [-0.3, -0.25) is 14.2 Å². The number of nitrogens with one attached hydrogen (secondary N) is 1. The Balaban J connectivity index is 1.71. The first kappa shape index (κ1) is 17.9. The number of nitrogens with zero attached hydrogens (tertiary/aromatic N) is 2. The molecule has 5 nitrogen and oxygen atoms in total. The SMILES string of the molecule is CC1CCC(N(C)C(=O)CCn2c(=S)[nH]c3ccccc3c2=O)CC1. The van der Waals surface area contributed by atoms with E-state index in [1.165, 1.54) is 17.4 Å². The van der Waals surface area contributed by atoms with Gasteiger partial charge < -0.3 is 9.88 Å². The fraction of sp³-hybridized carbons (Fsp3) is 0.526. The number of rotatable bonds is 4. The minimum atomic E-state index is -0.138. The first-order chi connectivity index (χ1) is 12.0. The number of aromatic amines is 1. The number of amides is 1. The lowest BCUT2D eigenvalue weighted by atomic mass is 9.86. The number of aromatic nitrogens is 2. The van der Waals surface area contributed by atoms with Crippen LogP contribution in [-0.4, -0.2) is 33.4 Å². The van der Waals surface area contributed by atoms with Gasteiger partial charge in [0.2, 0.25) is 5.91 Å². The lowest BCUT2D eigenvalue weighted by Gasteiger charge is -2.33. The van der Waals surface area contributed by atoms with Gasteiger partial charge in [-0.25, -0.2) is 0 Å². The third-order valence-corrected chi connectivity index (χ3v) is 5.69. The maximum absolute atomic E-state index is 12.6. The van der Waals surface area contributed by atoms with Gasteiger partial charge in [-0.05, 0) is 56.0 Å². The third-order valence-electron chi connectivity index (χ3n) is 5.37. The van der Waals surface area contributed by atoms with Crippen LogP contribution in [0.3, 0.4) is 0 Å². The Hall–Kier alpha value is -1.95. The maximum atomic E-state index is 12.6. The van der Waals surface area contributed by atoms with E-state index in [1.807, 2.05) is 30.1 Å². The third kappa shape index (κ3) is 3.84. The largest absolute Gasteiger partial charge is 0.343 e. The average Bonchev–Trinajstić information content (AvgIpc) is 2.61. The Morgan fingerprint density at radius 3 is 2.68 bits per heavy atom. The summed E-state index contributed by atoms with van der Waals surface area (Å²) in [4.78, 5) is 30.1. The highest BCUT2D eigenvalue weighted by Crippen LogP contribution is 2.26. The molecule has 1 amide bonds. The van der Waals surface area contributed by atoms with Crippen LogP contribution in [-0.2, 0) is 11.3 Å². The molecule has 0 radical (unpaired) electrons. The highest BCUT2D eigenvalue weighted by atomic mass is 32.1. The van der Waals surface area contributed by atoms with Gasteiger partial charge in [0.15, 0.2) is 4.77 Å². The first-order valence-corrected chi connectivity index (χ1v) is 9.35. The summed E-state index contributed by atoms with van der Waals surface area (Å²) in [6.07, 6.45) is 4.78. The molecule has 2 aromatic rings. The molecule has 1 aromatic carbocycles. The zero-order valence-electron chi connectivity index (χ0n) is 14.8. The van der Waals surface area contributed by atoms with Crippen LogP contribution < -0.4 is 5.56 Å². The molecule has 1 saturated carbocycles. The Morgan fingerprint density at radius 2 is 1.96 bits per heavy atom. The van der Waals surface area contributed by atoms with Crippen LogP contribution >= 0.6 is 12.2 Å². The predicted octanol–water partition coefficient (Wildman–Crippen LogP) is 3.49. The summed E-state index contributed by atoms with van der Waals surface area (Å²) in [7, 11) is 1.88. The van der Waals surface area contributed by atoms with Gasteiger partial charge >= 0.3 is 0 Å². The van der Waals surface area contributed by atoms with Crippen LogP contribution in [0.5, 0.6) is 0 Å². The summed E-state index contributed by atoms with van der Waals surface area (Å²) < 4.78 is 1.86. The molecule has 1 aliphatic rings. The van der Waals surface area contributed by atoms with E-state index >= 15 is 0 Å². The number of H-pyrrole nitrogens is 1. The number of para-hydroxylation sites is 1. The molecule has 0 aliphatic heterocycles. The summed E-state index contributed by atoms with van der Waals surface area (Å²) >= 11 is 5.31. The topological polar surface area (TPSA) is 58.1 Å². The van der Waals surface area contributed by atoms with E-state index in [0.29, 0.717) is 22.7 Å². The molecule has 1 aromatic heterocycles. The van der Waals surface area contributed by atoms with E-state index in [-0.39, 0.29) is 17.9 Å². The van der Waals surface area contributed by atoms with Crippen molar-refractivity contribution in [3.05, 3.63) is 39.4 Å². The predicted molar refractivity (Wildman–Crippen MR) is 102 cm³/mol. The lowest BCUT2D eigenvalue weighted by molar-refractivity contribution is -0.133. The highest BCUT2D eigenvalue weighted by Gasteiger charge is 2.24. The van der Waals surface area contributed by atoms with E-state index in [4.69, 9.17) is 12.2 Å². The van der Waals surface area contributed by atoms with Gasteiger partial charge in [-0.2, -0.15) is 0 Å². The molecule has 3 rings (SSSR count). The zero-order chi connectivity index (χ0) is 18.0. The molecule has 0 unspecified atom stereocenters. The van der Waals surface area contributed by atoms with Crippen LogP contribution in [0.4, 0.5) is 0 Å². The maximum Gasteiger partial charge on any atom is 0.262 e. The number of carbonyl (C=O) groups excluding carboxylic acids is 1. The van der Waals surface area contributed by atoms with E-state index in [0.717, 1.165) is 24.3 Å². The summed E-state index contributed by atoms with van der Waals surface area (Å²) in [6.45, 7) is 2.58. The smallest absolute Gasteiger partial charge is 0.262 e. The van der Waals surface area contributed by atoms with Crippen molar-refractivity contribution in [3.8, 4) is 0 Å². The van der Waals surface area contributed by atoms with Crippen molar-refractivity contribution >= 4 is 29.0 Å². The minimum absolute atomic E-state index is 0.0778. The number of hydrogen-bond acceptors (Lipinski definition) is 3. The monoisotopic (exact) mass is 359 g/mol. The van der Waals surface area contributed by atoms with Gasteiger partial charge in [-0.15, -0.1) is 0 Å². The number of carbonyl (C=O) groups is 1. The second kappa shape index (κ2) is 7.52. The molecular formula is C19H25N3O2S. The number of fused-ring (bicyclic) bond motifs is 1. The summed E-state index contributed by atoms with van der Waals surface area (Å²) in [5.74, 6) is 0.836. The van der Waals surface area contributed by atoms with Crippen LogP contribution in [0.15, 0.2) is 29.1 Å². The van der Waals surface area contributed by atoms with Crippen molar-refractivity contribution in [2.45, 2.75) is 51.6 Å². The molecule has 1 N–H and O–H groups in total. The van der Waals surface area contributed by atoms with Crippen LogP contribution in [0.1, 0.15) is 39.0 Å². The molecule has 1 heterocycles. The molecule has 0 atom stereocenters. The molecule has 1 aliphatic carbocycles. The molecule has 1 fully saturated rings. The molecule has 25 heavy (non-hydrogen) atoms. The Bertz CT molecular complexity index is 878. The van der Waals surface area contributed by atoms with E-state index in [1.54, 1.807) is 6.07 Å². The summed E-state index contributed by atoms with van der Waals surface area (Å²) in [6, 6.07) is 7.62. The van der Waals surface area contributed by atoms with E-state index in [9.17, 15) is 9.59 Å². The standard InChI is InChI=1S/C19H25N3O2S/c1-13-7-9-14(10-8-13)21(2)17(23)11-12-22-18(24)15-5-3-4-6-16(15)20-19(22)25/h3-6,13-14H,7-12H2,1-2H3,(H,20,25). The minimum Gasteiger partial charge on any atom is -0.343 e. The van der Waals surface area contributed by atoms with Crippen molar-refractivity contribution in [1.29, 1.82) is 0 Å². The van der Waals surface area contributed by atoms with Crippen molar-refractivity contribution in [2.24, 2.45) is 5.92 Å². The fourth-order valence-electron chi connectivity index (χ4n) is 3.62. The molecule has 0 bridgehead atoms. The normalized spacial score (nSPS) is 20.6. The van der Waals surface area contributed by atoms with Crippen LogP contribution in [0.2, 0.25) is 0 Å². The van der Waals surface area contributed by atoms with Gasteiger partial charge in [0.05, 0.1) is 10.9 Å². The van der Waals surface area contributed by atoms with E-state index < -0.39 is 0 Å².